The molecule has 0 saturated carbocycles. The van der Waals surface area contributed by atoms with Gasteiger partial charge in [-0.2, -0.15) is 0 Å². The molecule has 5 nitrogen and oxygen atoms in total. The number of benzene rings is 1. The molecule has 0 amide bonds. The Hall–Kier alpha value is -0.950. The van der Waals surface area contributed by atoms with Crippen molar-refractivity contribution >= 4 is 26.9 Å². The van der Waals surface area contributed by atoms with Crippen molar-refractivity contribution < 1.29 is 13.2 Å². The lowest BCUT2D eigenvalue weighted by Gasteiger charge is -2.06. The van der Waals surface area contributed by atoms with Crippen LogP contribution in [0, 0.1) is 6.92 Å². The number of halogens is 1. The van der Waals surface area contributed by atoms with Gasteiger partial charge in [0.1, 0.15) is 0 Å². The molecule has 0 radical (unpaired) electrons. The first-order valence-corrected chi connectivity index (χ1v) is 6.27. The Labute approximate surface area is 98.8 Å². The molecule has 0 aromatic heterocycles. The minimum Gasteiger partial charge on any atom is -0.280 e. The molecule has 0 aliphatic carbocycles. The van der Waals surface area contributed by atoms with E-state index in [4.69, 9.17) is 11.6 Å². The predicted octanol–water partition coefficient (Wildman–Crippen LogP) is 0.543. The van der Waals surface area contributed by atoms with Gasteiger partial charge in [0.05, 0.1) is 11.4 Å². The van der Waals surface area contributed by atoms with Gasteiger partial charge >= 0.3 is 0 Å². The summed E-state index contributed by atoms with van der Waals surface area (Å²) < 4.78 is 23.2. The predicted molar refractivity (Wildman–Crippen MR) is 60.4 cm³/mol. The molecule has 0 unspecified atom stereocenters. The molecule has 0 aliphatic heterocycles. The van der Waals surface area contributed by atoms with Crippen molar-refractivity contribution in [3.05, 3.63) is 29.8 Å². The molecule has 0 bridgehead atoms. The molecule has 0 spiro atoms. The molecule has 7 heteroatoms. The number of carbonyl (C=O) groups excluding carboxylic acids is 1. The lowest BCUT2D eigenvalue weighted by molar-refractivity contribution is -0.111. The molecule has 0 atom stereocenters. The van der Waals surface area contributed by atoms with Crippen LogP contribution in [0.15, 0.2) is 29.2 Å². The quantitative estimate of drug-likeness (QED) is 0.600. The van der Waals surface area contributed by atoms with E-state index < -0.39 is 15.3 Å². The average molecular weight is 263 g/mol. The van der Waals surface area contributed by atoms with Gasteiger partial charge in [-0.25, -0.2) is 13.8 Å². The highest BCUT2D eigenvalue weighted by Gasteiger charge is 2.12. The third-order valence-corrected chi connectivity index (χ3v) is 3.20. The fraction of sp³-hybridized carbons (Fsp3) is 0.222. The highest BCUT2D eigenvalue weighted by atomic mass is 35.5. The fourth-order valence-electron chi connectivity index (χ4n) is 0.977. The number of carbonyl (C=O) groups is 1. The summed E-state index contributed by atoms with van der Waals surface area (Å²) in [6.07, 6.45) is 0. The molecular weight excluding hydrogens is 252 g/mol. The number of sulfonamides is 1. The van der Waals surface area contributed by atoms with Crippen molar-refractivity contribution in [2.75, 3.05) is 6.54 Å². The monoisotopic (exact) mass is 262 g/mol. The highest BCUT2D eigenvalue weighted by molar-refractivity contribution is 7.89. The third-order valence-electron chi connectivity index (χ3n) is 1.77. The normalized spacial score (nSPS) is 11.4. The lowest BCUT2D eigenvalue weighted by atomic mass is 10.2. The maximum absolute atomic E-state index is 11.6. The molecule has 0 fully saturated rings. The van der Waals surface area contributed by atoms with Crippen molar-refractivity contribution in [3.63, 3.8) is 0 Å². The van der Waals surface area contributed by atoms with Crippen molar-refractivity contribution in [2.45, 2.75) is 11.8 Å². The van der Waals surface area contributed by atoms with Gasteiger partial charge in [0, 0.05) is 0 Å². The van der Waals surface area contributed by atoms with E-state index in [0.717, 1.165) is 5.56 Å². The number of rotatable bonds is 5. The minimum atomic E-state index is -3.64. The summed E-state index contributed by atoms with van der Waals surface area (Å²) in [5.74, 6) is 0. The summed E-state index contributed by atoms with van der Waals surface area (Å²) in [5.41, 5.74) is 3.18. The van der Waals surface area contributed by atoms with Gasteiger partial charge in [0.15, 0.2) is 0 Å². The molecule has 0 heterocycles. The van der Waals surface area contributed by atoms with E-state index in [2.05, 4.69) is 5.43 Å². The summed E-state index contributed by atoms with van der Waals surface area (Å²) >= 11 is 5.04. The van der Waals surface area contributed by atoms with E-state index in [1.165, 1.54) is 12.1 Å². The van der Waals surface area contributed by atoms with Gasteiger partial charge in [0.25, 0.3) is 10.0 Å². The Bertz CT molecular complexity index is 470. The smallest absolute Gasteiger partial charge is 0.253 e. The lowest BCUT2D eigenvalue weighted by Crippen LogP contribution is -2.39. The van der Waals surface area contributed by atoms with Crippen molar-refractivity contribution in [2.24, 2.45) is 0 Å². The number of hydrogen-bond acceptors (Lipinski definition) is 4. The summed E-state index contributed by atoms with van der Waals surface area (Å²) in [4.78, 5) is 12.5. The maximum atomic E-state index is 11.6. The van der Waals surface area contributed by atoms with Crippen molar-refractivity contribution in [1.82, 2.24) is 10.3 Å². The van der Waals surface area contributed by atoms with Crippen molar-refractivity contribution in [1.29, 1.82) is 0 Å². The molecule has 0 saturated heterocycles. The minimum absolute atomic E-state index is 0.118. The fourth-order valence-corrected chi connectivity index (χ4v) is 1.92. The van der Waals surface area contributed by atoms with Crippen LogP contribution in [0.3, 0.4) is 0 Å². The zero-order chi connectivity index (χ0) is 12.2. The van der Waals surface area contributed by atoms with E-state index in [0.29, 0.717) is 0 Å². The number of hydrogen-bond donors (Lipinski definition) is 2. The van der Waals surface area contributed by atoms with Crippen LogP contribution in [-0.2, 0) is 14.8 Å². The summed E-state index contributed by atoms with van der Waals surface area (Å²) in [6.45, 7) is 1.58. The van der Waals surface area contributed by atoms with Gasteiger partial charge in [0.2, 0.25) is 5.24 Å². The van der Waals surface area contributed by atoms with Crippen LogP contribution in [0.1, 0.15) is 5.56 Å². The van der Waals surface area contributed by atoms with Gasteiger partial charge in [-0.1, -0.05) is 17.7 Å². The van der Waals surface area contributed by atoms with Gasteiger partial charge in [-0.15, -0.1) is 4.83 Å². The van der Waals surface area contributed by atoms with E-state index in [1.54, 1.807) is 12.1 Å². The first-order valence-electron chi connectivity index (χ1n) is 4.41. The Balaban J connectivity index is 2.71. The van der Waals surface area contributed by atoms with E-state index in [9.17, 15) is 13.2 Å². The van der Waals surface area contributed by atoms with Crippen LogP contribution in [0.2, 0.25) is 0 Å². The van der Waals surface area contributed by atoms with Gasteiger partial charge < -0.3 is 0 Å². The van der Waals surface area contributed by atoms with Crippen LogP contribution >= 0.6 is 11.6 Å². The summed E-state index contributed by atoms with van der Waals surface area (Å²) in [6, 6.07) is 6.31. The van der Waals surface area contributed by atoms with Crippen LogP contribution in [0.4, 0.5) is 0 Å². The van der Waals surface area contributed by atoms with Crippen LogP contribution in [0.25, 0.3) is 0 Å². The number of hydrazine groups is 1. The molecule has 2 N–H and O–H groups in total. The molecule has 1 rings (SSSR count). The zero-order valence-electron chi connectivity index (χ0n) is 8.53. The van der Waals surface area contributed by atoms with E-state index in [1.807, 2.05) is 11.8 Å². The molecule has 0 aliphatic rings. The molecule has 88 valence electrons. The molecule has 1 aromatic rings. The standard InChI is InChI=1S/C9H11ClN2O3S/c1-7-2-4-8(5-3-7)16(14,15)12-11-6-9(10)13/h2-5,11-12H,6H2,1H3. The Kier molecular flexibility index (Phi) is 4.43. The Morgan fingerprint density at radius 1 is 1.31 bits per heavy atom. The Morgan fingerprint density at radius 2 is 1.88 bits per heavy atom. The van der Waals surface area contributed by atoms with E-state index >= 15 is 0 Å². The summed E-state index contributed by atoms with van der Waals surface area (Å²) in [7, 11) is -3.64. The zero-order valence-corrected chi connectivity index (χ0v) is 10.1. The molecule has 16 heavy (non-hydrogen) atoms. The molecular formula is C9H11ClN2O3S. The number of aryl methyl sites for hydroxylation is 1. The highest BCUT2D eigenvalue weighted by Crippen LogP contribution is 2.08. The first kappa shape index (κ1) is 13.1. The SMILES string of the molecule is Cc1ccc(S(=O)(=O)NNCC(=O)Cl)cc1. The van der Waals surface area contributed by atoms with Gasteiger partial charge in [-0.3, -0.25) is 4.79 Å². The van der Waals surface area contributed by atoms with Crippen LogP contribution in [-0.4, -0.2) is 20.2 Å². The average Bonchev–Trinajstić information content (AvgIpc) is 2.17. The Morgan fingerprint density at radius 3 is 2.38 bits per heavy atom. The second kappa shape index (κ2) is 5.40. The first-order chi connectivity index (χ1) is 7.42. The van der Waals surface area contributed by atoms with E-state index in [-0.39, 0.29) is 11.4 Å². The third kappa shape index (κ3) is 3.90. The number of nitrogens with one attached hydrogen (secondary N) is 2. The topological polar surface area (TPSA) is 75.3 Å². The van der Waals surface area contributed by atoms with Crippen molar-refractivity contribution in [3.8, 4) is 0 Å². The van der Waals surface area contributed by atoms with Gasteiger partial charge in [-0.05, 0) is 30.7 Å². The largest absolute Gasteiger partial charge is 0.280 e. The van der Waals surface area contributed by atoms with Crippen LogP contribution in [0.5, 0.6) is 0 Å². The summed E-state index contributed by atoms with van der Waals surface area (Å²) in [5, 5.41) is -0.674. The maximum Gasteiger partial charge on any atom is 0.253 e. The molecule has 1 aromatic carbocycles. The second-order valence-electron chi connectivity index (χ2n) is 3.13. The van der Waals surface area contributed by atoms with Crippen LogP contribution < -0.4 is 10.3 Å². The second-order valence-corrected chi connectivity index (χ2v) is 5.23.